The van der Waals surface area contributed by atoms with E-state index in [4.69, 9.17) is 9.47 Å². The molecule has 1 rings (SSSR count). The van der Waals surface area contributed by atoms with E-state index < -0.39 is 0 Å². The van der Waals surface area contributed by atoms with Gasteiger partial charge in [0.1, 0.15) is 18.1 Å². The molecular weight excluding hydrogens is 268 g/mol. The zero-order valence-corrected chi connectivity index (χ0v) is 13.0. The number of unbranched alkanes of at least 4 members (excludes halogenated alkanes) is 2. The highest BCUT2D eigenvalue weighted by molar-refractivity contribution is 5.73. The summed E-state index contributed by atoms with van der Waals surface area (Å²) in [6, 6.07) is 7.34. The van der Waals surface area contributed by atoms with Gasteiger partial charge in [0, 0.05) is 12.6 Å². The van der Waals surface area contributed by atoms with Crippen molar-refractivity contribution in [2.75, 3.05) is 26.3 Å². The van der Waals surface area contributed by atoms with Crippen LogP contribution in [0.3, 0.4) is 0 Å². The molecule has 1 aromatic rings. The maximum atomic E-state index is 11.5. The minimum atomic E-state index is -0.141. The second-order valence-corrected chi connectivity index (χ2v) is 4.65. The fourth-order valence-electron chi connectivity index (χ4n) is 1.79. The lowest BCUT2D eigenvalue weighted by atomic mass is 10.2. The third-order valence-corrected chi connectivity index (χ3v) is 2.84. The number of urea groups is 1. The first-order chi connectivity index (χ1) is 10.3. The Bertz CT molecular complexity index is 410. The molecule has 5 nitrogen and oxygen atoms in total. The summed E-state index contributed by atoms with van der Waals surface area (Å²) in [4.78, 5) is 11.5. The van der Waals surface area contributed by atoms with Gasteiger partial charge in [0.2, 0.25) is 0 Å². The van der Waals surface area contributed by atoms with Crippen molar-refractivity contribution in [1.29, 1.82) is 0 Å². The summed E-state index contributed by atoms with van der Waals surface area (Å²) in [7, 11) is 0. The van der Waals surface area contributed by atoms with Crippen LogP contribution in [0, 0.1) is 0 Å². The molecule has 1 aromatic carbocycles. The predicted molar refractivity (Wildman–Crippen MR) is 84.0 cm³/mol. The lowest BCUT2D eigenvalue weighted by Gasteiger charge is -2.10. The average Bonchev–Trinajstić information content (AvgIpc) is 2.49. The van der Waals surface area contributed by atoms with Gasteiger partial charge in [-0.15, -0.1) is 0 Å². The Morgan fingerprint density at radius 1 is 1.05 bits per heavy atom. The molecule has 5 heteroatoms. The van der Waals surface area contributed by atoms with E-state index >= 15 is 0 Å². The topological polar surface area (TPSA) is 59.6 Å². The molecule has 2 amide bonds. The fourth-order valence-corrected chi connectivity index (χ4v) is 1.79. The van der Waals surface area contributed by atoms with Gasteiger partial charge in [-0.2, -0.15) is 0 Å². The molecule has 0 atom stereocenters. The van der Waals surface area contributed by atoms with Crippen molar-refractivity contribution in [3.63, 3.8) is 0 Å². The molecule has 0 aromatic heterocycles. The third kappa shape index (κ3) is 8.07. The van der Waals surface area contributed by atoms with Crippen LogP contribution in [0.1, 0.15) is 33.1 Å². The van der Waals surface area contributed by atoms with Gasteiger partial charge in [0.25, 0.3) is 0 Å². The number of carbonyl (C=O) groups is 1. The number of carbonyl (C=O) groups excluding carboxylic acids is 1. The minimum absolute atomic E-state index is 0.141. The maximum absolute atomic E-state index is 11.5. The van der Waals surface area contributed by atoms with E-state index in [-0.39, 0.29) is 6.03 Å². The molecule has 0 heterocycles. The molecule has 2 N–H and O–H groups in total. The van der Waals surface area contributed by atoms with Crippen LogP contribution < -0.4 is 20.1 Å². The van der Waals surface area contributed by atoms with Crippen LogP contribution in [-0.4, -0.2) is 32.3 Å². The first-order valence-electron chi connectivity index (χ1n) is 7.63. The summed E-state index contributed by atoms with van der Waals surface area (Å²) in [6.45, 7) is 6.32. The van der Waals surface area contributed by atoms with Crippen LogP contribution in [0.15, 0.2) is 24.3 Å². The van der Waals surface area contributed by atoms with Crippen molar-refractivity contribution in [3.8, 4) is 11.5 Å². The van der Waals surface area contributed by atoms with Crippen molar-refractivity contribution in [1.82, 2.24) is 10.6 Å². The van der Waals surface area contributed by atoms with E-state index in [0.717, 1.165) is 37.3 Å². The van der Waals surface area contributed by atoms with Gasteiger partial charge in [-0.1, -0.05) is 25.8 Å². The van der Waals surface area contributed by atoms with E-state index in [1.165, 1.54) is 0 Å². The molecule has 0 saturated carbocycles. The van der Waals surface area contributed by atoms with Gasteiger partial charge in [-0.3, -0.25) is 0 Å². The number of hydrogen-bond acceptors (Lipinski definition) is 3. The second-order valence-electron chi connectivity index (χ2n) is 4.65. The van der Waals surface area contributed by atoms with Crippen molar-refractivity contribution < 1.29 is 14.3 Å². The van der Waals surface area contributed by atoms with Gasteiger partial charge in [-0.25, -0.2) is 4.79 Å². The number of nitrogens with one attached hydrogen (secondary N) is 2. The number of benzene rings is 1. The SMILES string of the molecule is CCCCCNC(=O)NCCOc1cccc(OCC)c1. The Hall–Kier alpha value is -1.91. The van der Waals surface area contributed by atoms with Crippen LogP contribution in [0.5, 0.6) is 11.5 Å². The maximum Gasteiger partial charge on any atom is 0.314 e. The Kier molecular flexibility index (Phi) is 8.84. The molecule has 118 valence electrons. The van der Waals surface area contributed by atoms with Crippen molar-refractivity contribution in [2.24, 2.45) is 0 Å². The molecule has 0 fully saturated rings. The predicted octanol–water partition coefficient (Wildman–Crippen LogP) is 2.95. The molecule has 0 spiro atoms. The van der Waals surface area contributed by atoms with Crippen LogP contribution in [0.2, 0.25) is 0 Å². The highest BCUT2D eigenvalue weighted by Crippen LogP contribution is 2.18. The molecule has 0 saturated heterocycles. The number of rotatable bonds is 10. The van der Waals surface area contributed by atoms with E-state index in [9.17, 15) is 4.79 Å². The lowest BCUT2D eigenvalue weighted by Crippen LogP contribution is -2.38. The molecule has 0 radical (unpaired) electrons. The monoisotopic (exact) mass is 294 g/mol. The fraction of sp³-hybridized carbons (Fsp3) is 0.562. The zero-order chi connectivity index (χ0) is 15.3. The Balaban J connectivity index is 2.13. The molecule has 0 aliphatic carbocycles. The van der Waals surface area contributed by atoms with Gasteiger partial charge >= 0.3 is 6.03 Å². The molecular formula is C16H26N2O3. The van der Waals surface area contributed by atoms with Gasteiger partial charge in [0.05, 0.1) is 13.2 Å². The normalized spacial score (nSPS) is 10.0. The van der Waals surface area contributed by atoms with Crippen LogP contribution in [0.4, 0.5) is 4.79 Å². The summed E-state index contributed by atoms with van der Waals surface area (Å²) in [6.07, 6.45) is 3.31. The van der Waals surface area contributed by atoms with Gasteiger partial charge in [-0.05, 0) is 25.5 Å². The summed E-state index contributed by atoms with van der Waals surface area (Å²) >= 11 is 0. The first-order valence-corrected chi connectivity index (χ1v) is 7.63. The summed E-state index contributed by atoms with van der Waals surface area (Å²) in [5.41, 5.74) is 0. The van der Waals surface area contributed by atoms with E-state index in [1.54, 1.807) is 0 Å². The molecule has 0 bridgehead atoms. The minimum Gasteiger partial charge on any atom is -0.494 e. The summed E-state index contributed by atoms with van der Waals surface area (Å²) < 4.78 is 11.0. The number of hydrogen-bond donors (Lipinski definition) is 2. The molecule has 0 aliphatic rings. The summed E-state index contributed by atoms with van der Waals surface area (Å²) in [5.74, 6) is 1.53. The quantitative estimate of drug-likeness (QED) is 0.652. The third-order valence-electron chi connectivity index (χ3n) is 2.84. The zero-order valence-electron chi connectivity index (χ0n) is 13.0. The van der Waals surface area contributed by atoms with Crippen molar-refractivity contribution in [2.45, 2.75) is 33.1 Å². The highest BCUT2D eigenvalue weighted by atomic mass is 16.5. The smallest absolute Gasteiger partial charge is 0.314 e. The second kappa shape index (κ2) is 10.8. The number of amides is 2. The lowest BCUT2D eigenvalue weighted by molar-refractivity contribution is 0.236. The van der Waals surface area contributed by atoms with Crippen LogP contribution in [-0.2, 0) is 0 Å². The average molecular weight is 294 g/mol. The number of ether oxygens (including phenoxy) is 2. The highest BCUT2D eigenvalue weighted by Gasteiger charge is 2.00. The molecule has 0 aliphatic heterocycles. The summed E-state index contributed by atoms with van der Waals surface area (Å²) in [5, 5.41) is 5.58. The van der Waals surface area contributed by atoms with E-state index in [2.05, 4.69) is 17.6 Å². The Labute approximate surface area is 127 Å². The van der Waals surface area contributed by atoms with Crippen molar-refractivity contribution >= 4 is 6.03 Å². The molecule has 21 heavy (non-hydrogen) atoms. The van der Waals surface area contributed by atoms with Gasteiger partial charge < -0.3 is 20.1 Å². The first kappa shape index (κ1) is 17.1. The molecule has 0 unspecified atom stereocenters. The Morgan fingerprint density at radius 2 is 1.76 bits per heavy atom. The van der Waals surface area contributed by atoms with Crippen molar-refractivity contribution in [3.05, 3.63) is 24.3 Å². The van der Waals surface area contributed by atoms with Crippen LogP contribution >= 0.6 is 0 Å². The van der Waals surface area contributed by atoms with Gasteiger partial charge in [0.15, 0.2) is 0 Å². The van der Waals surface area contributed by atoms with E-state index in [0.29, 0.717) is 19.8 Å². The van der Waals surface area contributed by atoms with E-state index in [1.807, 2.05) is 31.2 Å². The Morgan fingerprint density at radius 3 is 2.48 bits per heavy atom. The standard InChI is InChI=1S/C16H26N2O3/c1-3-5-6-10-17-16(19)18-11-12-21-15-9-7-8-14(13-15)20-4-2/h7-9,13H,3-6,10-12H2,1-2H3,(H2,17,18,19). The largest absolute Gasteiger partial charge is 0.494 e. The van der Waals surface area contributed by atoms with Crippen LogP contribution in [0.25, 0.3) is 0 Å².